The Labute approximate surface area is 174 Å². The molecule has 0 N–H and O–H groups in total. The maximum atomic E-state index is 13.4. The van der Waals surface area contributed by atoms with Crippen molar-refractivity contribution < 1.29 is 22.9 Å². The number of benzene rings is 2. The van der Waals surface area contributed by atoms with Gasteiger partial charge in [-0.2, -0.15) is 4.31 Å². The van der Waals surface area contributed by atoms with Crippen molar-refractivity contribution in [3.8, 4) is 0 Å². The number of nitro groups is 1. The van der Waals surface area contributed by atoms with Gasteiger partial charge in [-0.15, -0.1) is 0 Å². The number of carbonyl (C=O) groups is 1. The van der Waals surface area contributed by atoms with E-state index in [4.69, 9.17) is 16.3 Å². The largest absolute Gasteiger partial charge is 0.465 e. The van der Waals surface area contributed by atoms with Gasteiger partial charge in [0.05, 0.1) is 16.4 Å². The second kappa shape index (κ2) is 8.89. The number of esters is 1. The monoisotopic (exact) mass is 440 g/mol. The lowest BCUT2D eigenvalue weighted by atomic mass is 10.1. The van der Waals surface area contributed by atoms with Gasteiger partial charge in [0.15, 0.2) is 0 Å². The van der Waals surface area contributed by atoms with Crippen molar-refractivity contribution in [2.75, 3.05) is 6.61 Å². The summed E-state index contributed by atoms with van der Waals surface area (Å²) < 4.78 is 32.8. The lowest BCUT2D eigenvalue weighted by Crippen LogP contribution is -2.53. The van der Waals surface area contributed by atoms with Crippen LogP contribution >= 0.6 is 11.6 Å². The van der Waals surface area contributed by atoms with Gasteiger partial charge >= 0.3 is 5.97 Å². The summed E-state index contributed by atoms with van der Waals surface area (Å²) in [5, 5.41) is 11.3. The van der Waals surface area contributed by atoms with Crippen LogP contribution in [0.3, 0.4) is 0 Å². The molecule has 2 rings (SSSR count). The molecule has 0 bridgehead atoms. The van der Waals surface area contributed by atoms with Gasteiger partial charge in [-0.3, -0.25) is 14.9 Å². The van der Waals surface area contributed by atoms with E-state index in [2.05, 4.69) is 0 Å². The molecule has 0 radical (unpaired) electrons. The summed E-state index contributed by atoms with van der Waals surface area (Å²) in [4.78, 5) is 22.6. The molecule has 0 aliphatic heterocycles. The van der Waals surface area contributed by atoms with Gasteiger partial charge in [-0.1, -0.05) is 23.7 Å². The second-order valence-corrected chi connectivity index (χ2v) is 8.97. The van der Waals surface area contributed by atoms with Crippen molar-refractivity contribution in [3.05, 3.63) is 69.2 Å². The summed E-state index contributed by atoms with van der Waals surface area (Å²) in [5.74, 6) is -0.715. The number of ether oxygens (including phenoxy) is 1. The van der Waals surface area contributed by atoms with Crippen molar-refractivity contribution in [1.29, 1.82) is 0 Å². The van der Waals surface area contributed by atoms with E-state index in [1.165, 1.54) is 13.8 Å². The number of hydrogen-bond donors (Lipinski definition) is 0. The highest BCUT2D eigenvalue weighted by Crippen LogP contribution is 2.29. The molecule has 0 amide bonds. The molecule has 0 atom stereocenters. The molecule has 0 aliphatic carbocycles. The summed E-state index contributed by atoms with van der Waals surface area (Å²) in [6.45, 7) is 4.45. The first-order valence-corrected chi connectivity index (χ1v) is 10.5. The molecule has 0 aliphatic rings. The Kier molecular flexibility index (Phi) is 6.99. The number of nitrogens with zero attached hydrogens (tertiary/aromatic N) is 2. The lowest BCUT2D eigenvalue weighted by molar-refractivity contribution is -0.384. The van der Waals surface area contributed by atoms with Crippen molar-refractivity contribution in [2.24, 2.45) is 0 Å². The minimum atomic E-state index is -4.21. The highest BCUT2D eigenvalue weighted by atomic mass is 35.5. The van der Waals surface area contributed by atoms with Crippen molar-refractivity contribution >= 4 is 33.3 Å². The molecule has 0 heterocycles. The molecule has 0 spiro atoms. The number of halogens is 1. The first-order chi connectivity index (χ1) is 13.5. The Balaban J connectivity index is 2.55. The Morgan fingerprint density at radius 1 is 1.21 bits per heavy atom. The van der Waals surface area contributed by atoms with Crippen LogP contribution in [0.1, 0.15) is 26.3 Å². The molecule has 29 heavy (non-hydrogen) atoms. The van der Waals surface area contributed by atoms with Crippen LogP contribution in [0.15, 0.2) is 53.4 Å². The third kappa shape index (κ3) is 5.11. The van der Waals surface area contributed by atoms with Crippen LogP contribution < -0.4 is 0 Å². The van der Waals surface area contributed by atoms with Crippen LogP contribution in [0.25, 0.3) is 0 Å². The molecule has 0 unspecified atom stereocenters. The molecule has 8 nitrogen and oxygen atoms in total. The van der Waals surface area contributed by atoms with Gasteiger partial charge in [0.1, 0.15) is 5.54 Å². The van der Waals surface area contributed by atoms with Crippen LogP contribution in [0.2, 0.25) is 5.02 Å². The van der Waals surface area contributed by atoms with Crippen LogP contribution in [0.4, 0.5) is 5.69 Å². The summed E-state index contributed by atoms with van der Waals surface area (Å²) in [6, 6.07) is 11.1. The lowest BCUT2D eigenvalue weighted by Gasteiger charge is -2.35. The summed E-state index contributed by atoms with van der Waals surface area (Å²) >= 11 is 6.01. The molecular weight excluding hydrogens is 420 g/mol. The summed E-state index contributed by atoms with van der Waals surface area (Å²) in [6.07, 6.45) is 0. The SMILES string of the molecule is CCOC(=O)C(C)(C)N(Cc1cccc(Cl)c1)S(=O)(=O)c1ccc([N+](=O)[O-])cc1. The second-order valence-electron chi connectivity index (χ2n) is 6.67. The predicted molar refractivity (Wildman–Crippen MR) is 108 cm³/mol. The maximum absolute atomic E-state index is 13.4. The van der Waals surface area contributed by atoms with E-state index in [-0.39, 0.29) is 23.7 Å². The summed E-state index contributed by atoms with van der Waals surface area (Å²) in [5.41, 5.74) is -1.21. The van der Waals surface area contributed by atoms with E-state index >= 15 is 0 Å². The highest BCUT2D eigenvalue weighted by molar-refractivity contribution is 7.89. The fraction of sp³-hybridized carbons (Fsp3) is 0.316. The standard InChI is InChI=1S/C19H21ClN2O6S/c1-4-28-18(23)19(2,3)21(13-14-6-5-7-15(20)12-14)29(26,27)17-10-8-16(9-11-17)22(24)25/h5-12H,4,13H2,1-3H3. The molecule has 0 fully saturated rings. The van der Waals surface area contributed by atoms with E-state index in [1.54, 1.807) is 31.2 Å². The van der Waals surface area contributed by atoms with E-state index < -0.39 is 26.5 Å². The van der Waals surface area contributed by atoms with Gasteiger partial charge in [0, 0.05) is 23.7 Å². The number of rotatable bonds is 8. The van der Waals surface area contributed by atoms with Crippen molar-refractivity contribution in [3.63, 3.8) is 0 Å². The van der Waals surface area contributed by atoms with Gasteiger partial charge in [0.25, 0.3) is 5.69 Å². The molecular formula is C19H21ClN2O6S. The van der Waals surface area contributed by atoms with E-state index in [0.29, 0.717) is 10.6 Å². The van der Waals surface area contributed by atoms with Gasteiger partial charge < -0.3 is 4.74 Å². The molecule has 0 aromatic heterocycles. The molecule has 0 saturated carbocycles. The number of sulfonamides is 1. The predicted octanol–water partition coefficient (Wildman–Crippen LogP) is 3.78. The molecule has 0 saturated heterocycles. The number of non-ortho nitro benzene ring substituents is 1. The normalized spacial score (nSPS) is 12.0. The first-order valence-electron chi connectivity index (χ1n) is 8.69. The molecule has 156 valence electrons. The molecule has 2 aromatic carbocycles. The van der Waals surface area contributed by atoms with E-state index in [1.807, 2.05) is 0 Å². The minimum Gasteiger partial charge on any atom is -0.465 e. The quantitative estimate of drug-likeness (QED) is 0.351. The Hall–Kier alpha value is -2.49. The Morgan fingerprint density at radius 3 is 2.34 bits per heavy atom. The zero-order valence-electron chi connectivity index (χ0n) is 16.2. The third-order valence-corrected chi connectivity index (χ3v) is 6.52. The van der Waals surface area contributed by atoms with Gasteiger partial charge in [-0.05, 0) is 50.6 Å². The summed E-state index contributed by atoms with van der Waals surface area (Å²) in [7, 11) is -4.21. The van der Waals surface area contributed by atoms with E-state index in [0.717, 1.165) is 28.6 Å². The topological polar surface area (TPSA) is 107 Å². The number of nitro benzene ring substituents is 1. The van der Waals surface area contributed by atoms with Crippen LogP contribution in [-0.4, -0.2) is 35.8 Å². The van der Waals surface area contributed by atoms with Gasteiger partial charge in [-0.25, -0.2) is 8.42 Å². The first kappa shape index (κ1) is 22.8. The Morgan fingerprint density at radius 2 is 1.83 bits per heavy atom. The van der Waals surface area contributed by atoms with Crippen molar-refractivity contribution in [2.45, 2.75) is 37.8 Å². The molecule has 2 aromatic rings. The average Bonchev–Trinajstić information content (AvgIpc) is 2.66. The van der Waals surface area contributed by atoms with E-state index in [9.17, 15) is 23.3 Å². The fourth-order valence-electron chi connectivity index (χ4n) is 2.66. The number of carbonyl (C=O) groups excluding carboxylic acids is 1. The van der Waals surface area contributed by atoms with Crippen LogP contribution in [-0.2, 0) is 26.1 Å². The van der Waals surface area contributed by atoms with Crippen LogP contribution in [0, 0.1) is 10.1 Å². The highest BCUT2D eigenvalue weighted by Gasteiger charge is 2.44. The third-order valence-electron chi connectivity index (χ3n) is 4.25. The van der Waals surface area contributed by atoms with Gasteiger partial charge in [0.2, 0.25) is 10.0 Å². The molecule has 10 heteroatoms. The van der Waals surface area contributed by atoms with Crippen molar-refractivity contribution in [1.82, 2.24) is 4.31 Å². The van der Waals surface area contributed by atoms with Crippen LogP contribution in [0.5, 0.6) is 0 Å². The fourth-order valence-corrected chi connectivity index (χ4v) is 4.60. The zero-order valence-corrected chi connectivity index (χ0v) is 17.7. The zero-order chi connectivity index (χ0) is 21.8. The Bertz CT molecular complexity index is 1010. The smallest absolute Gasteiger partial charge is 0.327 e. The minimum absolute atomic E-state index is 0.0881. The number of hydrogen-bond acceptors (Lipinski definition) is 6. The average molecular weight is 441 g/mol. The maximum Gasteiger partial charge on any atom is 0.327 e.